The summed E-state index contributed by atoms with van der Waals surface area (Å²) < 4.78 is 6.87. The van der Waals surface area contributed by atoms with E-state index in [1.807, 2.05) is 56.3 Å². The number of nitrogens with one attached hydrogen (secondary N) is 1. The molecule has 0 aromatic heterocycles. The van der Waals surface area contributed by atoms with Crippen LogP contribution in [-0.2, 0) is 16.0 Å². The molecule has 34 heavy (non-hydrogen) atoms. The topological polar surface area (TPSA) is 75.7 Å². The summed E-state index contributed by atoms with van der Waals surface area (Å²) in [4.78, 5) is 39.1. The van der Waals surface area contributed by atoms with Crippen LogP contribution in [0, 0.1) is 6.92 Å². The lowest BCUT2D eigenvalue weighted by atomic mass is 10.0. The number of nitrogens with zero attached hydrogens (tertiary/aromatic N) is 1. The van der Waals surface area contributed by atoms with Crippen LogP contribution in [0.1, 0.15) is 29.2 Å². The van der Waals surface area contributed by atoms with Crippen LogP contribution in [0.5, 0.6) is 5.75 Å². The van der Waals surface area contributed by atoms with Gasteiger partial charge in [0.15, 0.2) is 0 Å². The fourth-order valence-electron chi connectivity index (χ4n) is 3.77. The first-order valence-corrected chi connectivity index (χ1v) is 11.6. The molecule has 0 atom stereocenters. The quantitative estimate of drug-likeness (QED) is 0.349. The van der Waals surface area contributed by atoms with Crippen molar-refractivity contribution in [3.05, 3.63) is 99.0 Å². The minimum absolute atomic E-state index is 0.123. The minimum atomic E-state index is -0.767. The molecule has 1 aliphatic rings. The van der Waals surface area contributed by atoms with E-state index in [-0.39, 0.29) is 5.57 Å². The summed E-state index contributed by atoms with van der Waals surface area (Å²) in [6.45, 7) is 4.23. The monoisotopic (exact) mass is 518 g/mol. The van der Waals surface area contributed by atoms with E-state index in [9.17, 15) is 14.4 Å². The minimum Gasteiger partial charge on any atom is -0.494 e. The van der Waals surface area contributed by atoms with Gasteiger partial charge in [-0.2, -0.15) is 0 Å². The predicted molar refractivity (Wildman–Crippen MR) is 135 cm³/mol. The van der Waals surface area contributed by atoms with Gasteiger partial charge in [-0.25, -0.2) is 9.69 Å². The summed E-state index contributed by atoms with van der Waals surface area (Å²) in [5.74, 6) is -0.730. The van der Waals surface area contributed by atoms with Gasteiger partial charge in [-0.15, -0.1) is 0 Å². The highest BCUT2D eigenvalue weighted by Crippen LogP contribution is 2.29. The number of benzene rings is 3. The van der Waals surface area contributed by atoms with Gasteiger partial charge in [0.2, 0.25) is 0 Å². The van der Waals surface area contributed by atoms with Gasteiger partial charge in [-0.3, -0.25) is 14.9 Å². The molecule has 3 aromatic rings. The van der Waals surface area contributed by atoms with Gasteiger partial charge in [0.25, 0.3) is 11.8 Å². The molecule has 0 bridgehead atoms. The van der Waals surface area contributed by atoms with Crippen LogP contribution in [0.25, 0.3) is 6.08 Å². The summed E-state index contributed by atoms with van der Waals surface area (Å²) in [7, 11) is 0. The third kappa shape index (κ3) is 4.94. The van der Waals surface area contributed by atoms with Crippen molar-refractivity contribution < 1.29 is 19.1 Å². The number of hydrogen-bond donors (Lipinski definition) is 1. The number of carbonyl (C=O) groups is 3. The van der Waals surface area contributed by atoms with Gasteiger partial charge in [-0.1, -0.05) is 58.4 Å². The average Bonchev–Trinajstić information content (AvgIpc) is 2.80. The lowest BCUT2D eigenvalue weighted by molar-refractivity contribution is -0.122. The second-order valence-electron chi connectivity index (χ2n) is 7.87. The predicted octanol–water partition coefficient (Wildman–Crippen LogP) is 5.41. The van der Waals surface area contributed by atoms with Crippen LogP contribution in [-0.4, -0.2) is 24.5 Å². The molecule has 0 unspecified atom stereocenters. The van der Waals surface area contributed by atoms with E-state index in [1.165, 1.54) is 6.08 Å². The Bertz CT molecular complexity index is 1320. The Balaban J connectivity index is 1.68. The van der Waals surface area contributed by atoms with Gasteiger partial charge in [0.05, 0.1) is 12.3 Å². The fraction of sp³-hybridized carbons (Fsp3) is 0.148. The van der Waals surface area contributed by atoms with Crippen molar-refractivity contribution in [2.24, 2.45) is 0 Å². The second-order valence-corrected chi connectivity index (χ2v) is 8.72. The standard InChI is InChI=1S/C27H23BrN2O4/c1-3-34-24-15-18(11-12-20(24)16-19-8-4-5-10-23(19)28)14-22-25(31)29-27(33)30(26(22)32)21-9-6-7-17(2)13-21/h4-15H,3,16H2,1-2H3,(H,29,31,33)/b22-14+. The van der Waals surface area contributed by atoms with E-state index in [0.717, 1.165) is 26.1 Å². The molecular formula is C27H23BrN2O4. The van der Waals surface area contributed by atoms with Crippen LogP contribution in [0.3, 0.4) is 0 Å². The summed E-state index contributed by atoms with van der Waals surface area (Å²) in [5.41, 5.74) is 3.89. The molecule has 7 heteroatoms. The number of amides is 4. The van der Waals surface area contributed by atoms with Gasteiger partial charge >= 0.3 is 6.03 Å². The van der Waals surface area contributed by atoms with E-state index >= 15 is 0 Å². The number of aryl methyl sites for hydroxylation is 1. The van der Waals surface area contributed by atoms with Crippen LogP contribution >= 0.6 is 15.9 Å². The second kappa shape index (κ2) is 10.1. The van der Waals surface area contributed by atoms with Crippen LogP contribution in [0.15, 0.2) is 76.8 Å². The first kappa shape index (κ1) is 23.4. The largest absolute Gasteiger partial charge is 0.494 e. The van der Waals surface area contributed by atoms with E-state index in [2.05, 4.69) is 21.2 Å². The molecule has 172 valence electrons. The highest BCUT2D eigenvalue weighted by molar-refractivity contribution is 9.10. The summed E-state index contributed by atoms with van der Waals surface area (Å²) in [5, 5.41) is 2.26. The maximum absolute atomic E-state index is 13.2. The SMILES string of the molecule is CCOc1cc(/C=C2\C(=O)NC(=O)N(c3cccc(C)c3)C2=O)ccc1Cc1ccccc1Br. The number of urea groups is 1. The molecule has 1 aliphatic heterocycles. The third-order valence-corrected chi connectivity index (χ3v) is 6.18. The Labute approximate surface area is 206 Å². The third-order valence-electron chi connectivity index (χ3n) is 5.40. The molecule has 4 rings (SSSR count). The average molecular weight is 519 g/mol. The number of carbonyl (C=O) groups excluding carboxylic acids is 3. The number of hydrogen-bond acceptors (Lipinski definition) is 4. The normalized spacial score (nSPS) is 15.0. The Hall–Kier alpha value is -3.71. The molecule has 1 saturated heterocycles. The molecule has 3 aromatic carbocycles. The van der Waals surface area contributed by atoms with Gasteiger partial charge in [0.1, 0.15) is 11.3 Å². The lowest BCUT2D eigenvalue weighted by Crippen LogP contribution is -2.54. The molecular weight excluding hydrogens is 496 g/mol. The number of ether oxygens (including phenoxy) is 1. The molecule has 0 saturated carbocycles. The summed E-state index contributed by atoms with van der Waals surface area (Å²) in [6, 6.07) is 19.7. The number of imide groups is 2. The highest BCUT2D eigenvalue weighted by Gasteiger charge is 2.36. The van der Waals surface area contributed by atoms with Gasteiger partial charge in [-0.05, 0) is 66.4 Å². The van der Waals surface area contributed by atoms with E-state index in [0.29, 0.717) is 30.0 Å². The number of anilines is 1. The van der Waals surface area contributed by atoms with Crippen molar-refractivity contribution in [3.8, 4) is 5.75 Å². The molecule has 0 spiro atoms. The van der Waals surface area contributed by atoms with E-state index in [1.54, 1.807) is 24.3 Å². The zero-order valence-electron chi connectivity index (χ0n) is 18.8. The van der Waals surface area contributed by atoms with Crippen molar-refractivity contribution in [2.75, 3.05) is 11.5 Å². The van der Waals surface area contributed by atoms with E-state index in [4.69, 9.17) is 4.74 Å². The molecule has 4 amide bonds. The van der Waals surface area contributed by atoms with Crippen molar-refractivity contribution in [3.63, 3.8) is 0 Å². The Morgan fingerprint density at radius 3 is 2.50 bits per heavy atom. The fourth-order valence-corrected chi connectivity index (χ4v) is 4.19. The smallest absolute Gasteiger partial charge is 0.335 e. The molecule has 0 aliphatic carbocycles. The number of barbiturate groups is 1. The molecule has 0 radical (unpaired) electrons. The zero-order valence-corrected chi connectivity index (χ0v) is 20.4. The molecule has 1 fully saturated rings. The highest BCUT2D eigenvalue weighted by atomic mass is 79.9. The maximum Gasteiger partial charge on any atom is 0.335 e. The Morgan fingerprint density at radius 2 is 1.76 bits per heavy atom. The van der Waals surface area contributed by atoms with Crippen LogP contribution in [0.2, 0.25) is 0 Å². The summed E-state index contributed by atoms with van der Waals surface area (Å²) >= 11 is 3.58. The number of halogens is 1. The Kier molecular flexibility index (Phi) is 6.93. The molecule has 6 nitrogen and oxygen atoms in total. The van der Waals surface area contributed by atoms with Crippen LogP contribution in [0.4, 0.5) is 10.5 Å². The lowest BCUT2D eigenvalue weighted by Gasteiger charge is -2.26. The van der Waals surface area contributed by atoms with Crippen molar-refractivity contribution in [1.29, 1.82) is 0 Å². The van der Waals surface area contributed by atoms with E-state index < -0.39 is 17.8 Å². The maximum atomic E-state index is 13.2. The summed E-state index contributed by atoms with van der Waals surface area (Å²) in [6.07, 6.45) is 2.14. The molecule has 1 N–H and O–H groups in total. The van der Waals surface area contributed by atoms with Gasteiger partial charge < -0.3 is 4.74 Å². The van der Waals surface area contributed by atoms with Crippen molar-refractivity contribution in [2.45, 2.75) is 20.3 Å². The van der Waals surface area contributed by atoms with Crippen LogP contribution < -0.4 is 15.0 Å². The zero-order chi connectivity index (χ0) is 24.2. The Morgan fingerprint density at radius 1 is 0.971 bits per heavy atom. The first-order chi connectivity index (χ1) is 16.4. The molecule has 1 heterocycles. The van der Waals surface area contributed by atoms with Crippen molar-refractivity contribution >= 4 is 45.5 Å². The number of rotatable bonds is 6. The van der Waals surface area contributed by atoms with Gasteiger partial charge in [0, 0.05) is 10.9 Å². The first-order valence-electron chi connectivity index (χ1n) is 10.8. The van der Waals surface area contributed by atoms with Crippen molar-refractivity contribution in [1.82, 2.24) is 5.32 Å².